The number of allylic oxidation sites excluding steroid dienone is 1. The fraction of sp³-hybridized carbons (Fsp3) is 0.0909. The number of rotatable bonds is 3. The number of para-hydroxylation sites is 2. The standard InChI is InChI=1S/C22H17N3/c1-2-13-25-15-19(18(14-23)17-8-4-6-10-22(17)25)21-12-11-16-7-3-5-9-20(16)24-21/h2-12,15,18H,1,13H2/t18-/m0/s1. The largest absolute Gasteiger partial charge is 0.343 e. The van der Waals surface area contributed by atoms with E-state index >= 15 is 0 Å². The van der Waals surface area contributed by atoms with Gasteiger partial charge in [-0.15, -0.1) is 6.58 Å². The van der Waals surface area contributed by atoms with E-state index in [4.69, 9.17) is 4.98 Å². The molecule has 1 aromatic heterocycles. The lowest BCUT2D eigenvalue weighted by Gasteiger charge is -2.31. The Balaban J connectivity index is 1.89. The van der Waals surface area contributed by atoms with Crippen LogP contribution in [0.15, 0.2) is 79.5 Å². The molecule has 2 aromatic carbocycles. The van der Waals surface area contributed by atoms with E-state index in [9.17, 15) is 5.26 Å². The fourth-order valence-electron chi connectivity index (χ4n) is 3.34. The van der Waals surface area contributed by atoms with E-state index in [0.717, 1.165) is 33.4 Å². The number of aromatic nitrogens is 1. The first-order valence-corrected chi connectivity index (χ1v) is 8.26. The van der Waals surface area contributed by atoms with E-state index in [0.29, 0.717) is 6.54 Å². The summed E-state index contributed by atoms with van der Waals surface area (Å²) in [5.74, 6) is -0.328. The molecular weight excluding hydrogens is 306 g/mol. The number of anilines is 1. The summed E-state index contributed by atoms with van der Waals surface area (Å²) in [5.41, 5.74) is 4.77. The van der Waals surface area contributed by atoms with Gasteiger partial charge in [0.2, 0.25) is 0 Å². The van der Waals surface area contributed by atoms with E-state index in [1.54, 1.807) is 0 Å². The first-order chi connectivity index (χ1) is 12.3. The average Bonchev–Trinajstić information content (AvgIpc) is 2.67. The Morgan fingerprint density at radius 3 is 2.72 bits per heavy atom. The molecular formula is C22H17N3. The predicted molar refractivity (Wildman–Crippen MR) is 102 cm³/mol. The number of benzene rings is 2. The number of nitriles is 1. The Morgan fingerprint density at radius 2 is 1.88 bits per heavy atom. The second kappa shape index (κ2) is 6.26. The van der Waals surface area contributed by atoms with E-state index in [-0.39, 0.29) is 5.92 Å². The quantitative estimate of drug-likeness (QED) is 0.644. The van der Waals surface area contributed by atoms with Crippen molar-refractivity contribution in [1.29, 1.82) is 5.26 Å². The maximum absolute atomic E-state index is 9.84. The molecule has 0 bridgehead atoms. The number of hydrogen-bond donors (Lipinski definition) is 0. The van der Waals surface area contributed by atoms with E-state index in [1.165, 1.54) is 0 Å². The third-order valence-corrected chi connectivity index (χ3v) is 4.51. The van der Waals surface area contributed by atoms with Crippen LogP contribution >= 0.6 is 0 Å². The van der Waals surface area contributed by atoms with Crippen LogP contribution in [-0.4, -0.2) is 11.5 Å². The van der Waals surface area contributed by atoms with Crippen molar-refractivity contribution in [2.45, 2.75) is 5.92 Å². The highest BCUT2D eigenvalue weighted by Crippen LogP contribution is 2.41. The van der Waals surface area contributed by atoms with Crippen LogP contribution in [0.1, 0.15) is 17.2 Å². The summed E-state index contributed by atoms with van der Waals surface area (Å²) < 4.78 is 0. The highest BCUT2D eigenvalue weighted by atomic mass is 15.1. The van der Waals surface area contributed by atoms with Gasteiger partial charge in [0.15, 0.2) is 0 Å². The first-order valence-electron chi connectivity index (χ1n) is 8.26. The first kappa shape index (κ1) is 15.2. The predicted octanol–water partition coefficient (Wildman–Crippen LogP) is 4.89. The van der Waals surface area contributed by atoms with Gasteiger partial charge in [0.1, 0.15) is 5.92 Å². The molecule has 25 heavy (non-hydrogen) atoms. The second-order valence-corrected chi connectivity index (χ2v) is 6.04. The van der Waals surface area contributed by atoms with Crippen LogP contribution in [0.3, 0.4) is 0 Å². The van der Waals surface area contributed by atoms with Gasteiger partial charge in [0.05, 0.1) is 17.3 Å². The molecule has 0 spiro atoms. The molecule has 0 saturated heterocycles. The Labute approximate surface area is 147 Å². The molecule has 0 aliphatic carbocycles. The Bertz CT molecular complexity index is 1030. The highest BCUT2D eigenvalue weighted by molar-refractivity contribution is 5.85. The van der Waals surface area contributed by atoms with Crippen molar-refractivity contribution in [3.63, 3.8) is 0 Å². The van der Waals surface area contributed by atoms with Gasteiger partial charge >= 0.3 is 0 Å². The Hall–Kier alpha value is -3.38. The summed E-state index contributed by atoms with van der Waals surface area (Å²) in [6.07, 6.45) is 3.90. The second-order valence-electron chi connectivity index (χ2n) is 6.04. The topological polar surface area (TPSA) is 39.9 Å². The third-order valence-electron chi connectivity index (χ3n) is 4.51. The molecule has 3 nitrogen and oxygen atoms in total. The summed E-state index contributed by atoms with van der Waals surface area (Å²) >= 11 is 0. The third kappa shape index (κ3) is 2.58. The summed E-state index contributed by atoms with van der Waals surface area (Å²) in [5, 5.41) is 10.9. The van der Waals surface area contributed by atoms with Crippen molar-refractivity contribution >= 4 is 22.2 Å². The van der Waals surface area contributed by atoms with Crippen LogP contribution < -0.4 is 4.90 Å². The lowest BCUT2D eigenvalue weighted by molar-refractivity contribution is 0.982. The number of nitrogens with zero attached hydrogens (tertiary/aromatic N) is 3. The van der Waals surface area contributed by atoms with E-state index in [2.05, 4.69) is 23.6 Å². The maximum Gasteiger partial charge on any atom is 0.102 e. The van der Waals surface area contributed by atoms with Gasteiger partial charge in [-0.3, -0.25) is 0 Å². The van der Waals surface area contributed by atoms with Crippen molar-refractivity contribution in [3.8, 4) is 6.07 Å². The molecule has 0 N–H and O–H groups in total. The van der Waals surface area contributed by atoms with Crippen molar-refractivity contribution < 1.29 is 0 Å². The van der Waals surface area contributed by atoms with Gasteiger partial charge in [-0.1, -0.05) is 48.5 Å². The van der Waals surface area contributed by atoms with Gasteiger partial charge in [0.25, 0.3) is 0 Å². The van der Waals surface area contributed by atoms with Gasteiger partial charge < -0.3 is 4.90 Å². The number of fused-ring (bicyclic) bond motifs is 2. The minimum absolute atomic E-state index is 0.328. The van der Waals surface area contributed by atoms with Crippen molar-refractivity contribution in [3.05, 3.63) is 90.8 Å². The minimum atomic E-state index is -0.328. The minimum Gasteiger partial charge on any atom is -0.343 e. The zero-order valence-corrected chi connectivity index (χ0v) is 13.8. The van der Waals surface area contributed by atoms with Crippen molar-refractivity contribution in [1.82, 2.24) is 4.98 Å². The molecule has 1 aliphatic heterocycles. The van der Waals surface area contributed by atoms with Crippen LogP contribution in [0.2, 0.25) is 0 Å². The number of pyridine rings is 1. The van der Waals surface area contributed by atoms with Crippen LogP contribution in [0.4, 0.5) is 5.69 Å². The fourth-order valence-corrected chi connectivity index (χ4v) is 3.34. The molecule has 0 fully saturated rings. The lowest BCUT2D eigenvalue weighted by Crippen LogP contribution is -2.24. The smallest absolute Gasteiger partial charge is 0.102 e. The van der Waals surface area contributed by atoms with Gasteiger partial charge in [-0.2, -0.15) is 5.26 Å². The molecule has 1 atom stereocenters. The van der Waals surface area contributed by atoms with Gasteiger partial charge in [-0.05, 0) is 23.8 Å². The molecule has 0 saturated carbocycles. The SMILES string of the molecule is C=CCN1C=C(c2ccc3ccccc3n2)[C@@H](C#N)c2ccccc21. The maximum atomic E-state index is 9.84. The van der Waals surface area contributed by atoms with Gasteiger partial charge in [0, 0.05) is 29.4 Å². The molecule has 0 amide bonds. The van der Waals surface area contributed by atoms with Crippen LogP contribution in [0.25, 0.3) is 16.5 Å². The summed E-state index contributed by atoms with van der Waals surface area (Å²) in [7, 11) is 0. The summed E-state index contributed by atoms with van der Waals surface area (Å²) in [4.78, 5) is 6.92. The Morgan fingerprint density at radius 1 is 1.08 bits per heavy atom. The normalized spacial score (nSPS) is 16.0. The molecule has 1 aliphatic rings. The molecule has 2 heterocycles. The van der Waals surface area contributed by atoms with Crippen molar-refractivity contribution in [2.24, 2.45) is 0 Å². The Kier molecular flexibility index (Phi) is 3.80. The van der Waals surface area contributed by atoms with Crippen LogP contribution in [-0.2, 0) is 0 Å². The molecule has 3 aromatic rings. The molecule has 0 radical (unpaired) electrons. The monoisotopic (exact) mass is 323 g/mol. The molecule has 4 rings (SSSR count). The van der Waals surface area contributed by atoms with E-state index in [1.807, 2.05) is 66.9 Å². The summed E-state index contributed by atoms with van der Waals surface area (Å²) in [6, 6.07) is 22.6. The zero-order chi connectivity index (χ0) is 17.2. The lowest BCUT2D eigenvalue weighted by atomic mass is 9.86. The molecule has 120 valence electrons. The number of hydrogen-bond acceptors (Lipinski definition) is 3. The molecule has 0 unspecified atom stereocenters. The van der Waals surface area contributed by atoms with Crippen LogP contribution in [0.5, 0.6) is 0 Å². The highest BCUT2D eigenvalue weighted by Gasteiger charge is 2.28. The van der Waals surface area contributed by atoms with Crippen molar-refractivity contribution in [2.75, 3.05) is 11.4 Å². The zero-order valence-electron chi connectivity index (χ0n) is 13.8. The average molecular weight is 323 g/mol. The molecule has 3 heteroatoms. The summed E-state index contributed by atoms with van der Waals surface area (Å²) in [6.45, 7) is 4.54. The van der Waals surface area contributed by atoms with Crippen LogP contribution in [0, 0.1) is 11.3 Å². The van der Waals surface area contributed by atoms with E-state index < -0.39 is 0 Å². The van der Waals surface area contributed by atoms with Gasteiger partial charge in [-0.25, -0.2) is 4.98 Å².